The van der Waals surface area contributed by atoms with Crippen molar-refractivity contribution >= 4 is 17.2 Å². The molecule has 0 saturated heterocycles. The quantitative estimate of drug-likeness (QED) is 0.778. The van der Waals surface area contributed by atoms with Crippen molar-refractivity contribution in [3.8, 4) is 5.75 Å². The summed E-state index contributed by atoms with van der Waals surface area (Å²) >= 11 is 0. The molecule has 3 rings (SSSR count). The highest BCUT2D eigenvalue weighted by Crippen LogP contribution is 2.21. The number of carbonyl (C=O) groups is 1. The van der Waals surface area contributed by atoms with Gasteiger partial charge in [-0.15, -0.1) is 0 Å². The summed E-state index contributed by atoms with van der Waals surface area (Å²) in [6.07, 6.45) is 4.39. The number of aryl methyl sites for hydroxylation is 1. The van der Waals surface area contributed by atoms with Gasteiger partial charge < -0.3 is 15.2 Å². The summed E-state index contributed by atoms with van der Waals surface area (Å²) in [6.45, 7) is 3.98. The van der Waals surface area contributed by atoms with E-state index in [2.05, 4.69) is 21.4 Å². The Kier molecular flexibility index (Phi) is 6.26. The highest BCUT2D eigenvalue weighted by atomic mass is 16.5. The fourth-order valence-electron chi connectivity index (χ4n) is 3.18. The van der Waals surface area contributed by atoms with Gasteiger partial charge in [0.15, 0.2) is 0 Å². The van der Waals surface area contributed by atoms with E-state index in [1.165, 1.54) is 12.5 Å². The van der Waals surface area contributed by atoms with Crippen molar-refractivity contribution in [3.63, 3.8) is 0 Å². The van der Waals surface area contributed by atoms with Crippen LogP contribution in [-0.4, -0.2) is 58.0 Å². The Bertz CT molecular complexity index is 798. The number of nitrogens with one attached hydrogen (secondary N) is 1. The lowest BCUT2D eigenvalue weighted by Gasteiger charge is -2.28. The van der Waals surface area contributed by atoms with E-state index in [4.69, 9.17) is 4.74 Å². The number of nitrogens with zero attached hydrogens (tertiary/aromatic N) is 3. The minimum atomic E-state index is -0.563. The van der Waals surface area contributed by atoms with Gasteiger partial charge in [0.1, 0.15) is 18.5 Å². The lowest BCUT2D eigenvalue weighted by atomic mass is 10.0. The third-order valence-corrected chi connectivity index (χ3v) is 4.53. The minimum absolute atomic E-state index is 0.110. The molecule has 27 heavy (non-hydrogen) atoms. The first-order valence-electron chi connectivity index (χ1n) is 9.09. The summed E-state index contributed by atoms with van der Waals surface area (Å²) in [7, 11) is 1.95. The van der Waals surface area contributed by atoms with Crippen molar-refractivity contribution in [2.75, 3.05) is 31.6 Å². The number of benzene rings is 1. The number of rotatable bonds is 7. The Balaban J connectivity index is 1.43. The number of anilines is 1. The Morgan fingerprint density at radius 2 is 2.11 bits per heavy atom. The molecule has 0 bridgehead atoms. The van der Waals surface area contributed by atoms with Crippen LogP contribution in [0, 0.1) is 0 Å². The molecule has 2 aromatic rings. The standard InChI is InChI=1S/C20H26N4O3/c1-15(25)22-17-3-5-19(6-4-17)27-14-18(26)13-24-11-8-16(9-12-24)20-7-10-21-23(20)2/h3-8,10,18,26H,9,11-14H2,1-2H3,(H,22,25). The van der Waals surface area contributed by atoms with E-state index in [1.54, 1.807) is 24.3 Å². The van der Waals surface area contributed by atoms with Gasteiger partial charge in [0.05, 0.1) is 5.69 Å². The summed E-state index contributed by atoms with van der Waals surface area (Å²) in [6, 6.07) is 9.14. The average Bonchev–Trinajstić information content (AvgIpc) is 3.07. The summed E-state index contributed by atoms with van der Waals surface area (Å²) in [5.41, 5.74) is 3.18. The second-order valence-electron chi connectivity index (χ2n) is 6.75. The van der Waals surface area contributed by atoms with Crippen LogP contribution in [0.5, 0.6) is 5.75 Å². The number of aromatic nitrogens is 2. The lowest BCUT2D eigenvalue weighted by Crippen LogP contribution is -2.38. The minimum Gasteiger partial charge on any atom is -0.491 e. The third kappa shape index (κ3) is 5.42. The molecule has 1 atom stereocenters. The van der Waals surface area contributed by atoms with Crippen LogP contribution in [-0.2, 0) is 11.8 Å². The van der Waals surface area contributed by atoms with Crippen molar-refractivity contribution in [3.05, 3.63) is 48.3 Å². The van der Waals surface area contributed by atoms with Crippen molar-refractivity contribution in [1.29, 1.82) is 0 Å². The normalized spacial score (nSPS) is 15.9. The van der Waals surface area contributed by atoms with Crippen LogP contribution >= 0.6 is 0 Å². The molecule has 1 unspecified atom stereocenters. The van der Waals surface area contributed by atoms with Gasteiger partial charge in [-0.25, -0.2) is 0 Å². The molecule has 0 saturated carbocycles. The molecule has 144 valence electrons. The molecule has 1 aromatic heterocycles. The number of β-amino-alcohol motifs (C(OH)–C–C–N with tert-alkyl or cyclic N) is 1. The van der Waals surface area contributed by atoms with Crippen molar-refractivity contribution in [2.24, 2.45) is 7.05 Å². The average molecular weight is 370 g/mol. The maximum absolute atomic E-state index is 11.0. The van der Waals surface area contributed by atoms with Crippen molar-refractivity contribution < 1.29 is 14.6 Å². The Hall–Kier alpha value is -2.64. The molecular weight excluding hydrogens is 344 g/mol. The van der Waals surface area contributed by atoms with E-state index in [1.807, 2.05) is 24.0 Å². The molecular formula is C20H26N4O3. The van der Waals surface area contributed by atoms with Gasteiger partial charge in [-0.2, -0.15) is 5.10 Å². The lowest BCUT2D eigenvalue weighted by molar-refractivity contribution is -0.114. The van der Waals surface area contributed by atoms with Gasteiger partial charge >= 0.3 is 0 Å². The number of carbonyl (C=O) groups excluding carboxylic acids is 1. The first kappa shape index (κ1) is 19.1. The molecule has 0 spiro atoms. The van der Waals surface area contributed by atoms with Gasteiger partial charge in [0.25, 0.3) is 0 Å². The molecule has 1 amide bonds. The summed E-state index contributed by atoms with van der Waals surface area (Å²) in [5.74, 6) is 0.557. The highest BCUT2D eigenvalue weighted by Gasteiger charge is 2.17. The van der Waals surface area contributed by atoms with Crippen LogP contribution in [0.25, 0.3) is 5.57 Å². The number of hydrogen-bond acceptors (Lipinski definition) is 5. The predicted molar refractivity (Wildman–Crippen MR) is 104 cm³/mol. The first-order chi connectivity index (χ1) is 13.0. The fourth-order valence-corrected chi connectivity index (χ4v) is 3.18. The van der Waals surface area contributed by atoms with E-state index in [-0.39, 0.29) is 12.5 Å². The molecule has 0 radical (unpaired) electrons. The molecule has 0 aliphatic carbocycles. The van der Waals surface area contributed by atoms with Gasteiger partial charge in [-0.3, -0.25) is 14.4 Å². The van der Waals surface area contributed by atoms with E-state index in [9.17, 15) is 9.90 Å². The topological polar surface area (TPSA) is 79.6 Å². The van der Waals surface area contributed by atoms with Crippen LogP contribution in [0.4, 0.5) is 5.69 Å². The zero-order valence-electron chi connectivity index (χ0n) is 15.8. The summed E-state index contributed by atoms with van der Waals surface area (Å²) in [4.78, 5) is 13.2. The van der Waals surface area contributed by atoms with Crippen LogP contribution in [0.2, 0.25) is 0 Å². The van der Waals surface area contributed by atoms with Crippen LogP contribution < -0.4 is 10.1 Å². The monoisotopic (exact) mass is 370 g/mol. The van der Waals surface area contributed by atoms with Gasteiger partial charge in [-0.1, -0.05) is 6.08 Å². The first-order valence-corrected chi connectivity index (χ1v) is 9.09. The largest absolute Gasteiger partial charge is 0.491 e. The fraction of sp³-hybridized carbons (Fsp3) is 0.400. The summed E-state index contributed by atoms with van der Waals surface area (Å²) < 4.78 is 7.54. The number of ether oxygens (including phenoxy) is 1. The molecule has 2 N–H and O–H groups in total. The number of aliphatic hydroxyl groups is 1. The Labute approximate surface area is 159 Å². The zero-order chi connectivity index (χ0) is 19.2. The van der Waals surface area contributed by atoms with E-state index in [0.29, 0.717) is 12.3 Å². The summed E-state index contributed by atoms with van der Waals surface area (Å²) in [5, 5.41) is 17.2. The Morgan fingerprint density at radius 1 is 1.33 bits per heavy atom. The van der Waals surface area contributed by atoms with Crippen LogP contribution in [0.3, 0.4) is 0 Å². The van der Waals surface area contributed by atoms with Crippen molar-refractivity contribution in [2.45, 2.75) is 19.4 Å². The molecule has 7 heteroatoms. The zero-order valence-corrected chi connectivity index (χ0v) is 15.8. The predicted octanol–water partition coefficient (Wildman–Crippen LogP) is 1.91. The van der Waals surface area contributed by atoms with Gasteiger partial charge in [0, 0.05) is 45.5 Å². The van der Waals surface area contributed by atoms with Crippen LogP contribution in [0.15, 0.2) is 42.6 Å². The second kappa shape index (κ2) is 8.83. The Morgan fingerprint density at radius 3 is 2.70 bits per heavy atom. The van der Waals surface area contributed by atoms with Gasteiger partial charge in [0.2, 0.25) is 5.91 Å². The molecule has 2 heterocycles. The van der Waals surface area contributed by atoms with Crippen LogP contribution in [0.1, 0.15) is 19.0 Å². The smallest absolute Gasteiger partial charge is 0.221 e. The molecule has 7 nitrogen and oxygen atoms in total. The molecule has 1 aliphatic heterocycles. The van der Waals surface area contributed by atoms with Gasteiger partial charge in [-0.05, 0) is 42.3 Å². The van der Waals surface area contributed by atoms with E-state index >= 15 is 0 Å². The van der Waals surface area contributed by atoms with Crippen molar-refractivity contribution in [1.82, 2.24) is 14.7 Å². The number of aliphatic hydroxyl groups excluding tert-OH is 1. The SMILES string of the molecule is CC(=O)Nc1ccc(OCC(O)CN2CC=C(c3ccnn3C)CC2)cc1. The molecule has 1 aromatic carbocycles. The maximum atomic E-state index is 11.0. The third-order valence-electron chi connectivity index (χ3n) is 4.53. The number of hydrogen-bond donors (Lipinski definition) is 2. The number of amides is 1. The van der Waals surface area contributed by atoms with E-state index < -0.39 is 6.10 Å². The maximum Gasteiger partial charge on any atom is 0.221 e. The second-order valence-corrected chi connectivity index (χ2v) is 6.75. The molecule has 1 aliphatic rings. The van der Waals surface area contributed by atoms with E-state index in [0.717, 1.165) is 30.9 Å². The molecule has 0 fully saturated rings. The highest BCUT2D eigenvalue weighted by molar-refractivity contribution is 5.88.